The quantitative estimate of drug-likeness (QED) is 0.695. The van der Waals surface area contributed by atoms with Crippen molar-refractivity contribution in [3.8, 4) is 0 Å². The Bertz CT molecular complexity index is 219. The topological polar surface area (TPSA) is 47.6 Å². The second-order valence-electron chi connectivity index (χ2n) is 3.56. The van der Waals surface area contributed by atoms with Crippen molar-refractivity contribution in [3.05, 3.63) is 0 Å². The molecule has 0 heterocycles. The third-order valence-corrected chi connectivity index (χ3v) is 2.28. The van der Waals surface area contributed by atoms with Crippen molar-refractivity contribution in [2.24, 2.45) is 0 Å². The van der Waals surface area contributed by atoms with Crippen LogP contribution in [0.25, 0.3) is 0 Å². The standard InChI is InChI=1S/C9H15F2NO3/c1-14-5-2-6-15-8(13)12-9(3-4-9)7(10)11/h7H,2-6H2,1H3,(H,12,13). The number of rotatable bonds is 6. The van der Waals surface area contributed by atoms with Gasteiger partial charge in [0.1, 0.15) is 5.54 Å². The molecule has 0 aliphatic heterocycles. The highest BCUT2D eigenvalue weighted by atomic mass is 19.3. The normalized spacial score (nSPS) is 17.6. The lowest BCUT2D eigenvalue weighted by Gasteiger charge is -2.15. The Labute approximate surface area is 86.9 Å². The van der Waals surface area contributed by atoms with E-state index in [2.05, 4.69) is 5.32 Å². The molecule has 0 atom stereocenters. The number of alkyl halides is 2. The first-order chi connectivity index (χ1) is 7.10. The monoisotopic (exact) mass is 223 g/mol. The molecule has 0 bridgehead atoms. The van der Waals surface area contributed by atoms with Crippen molar-refractivity contribution >= 4 is 6.09 Å². The summed E-state index contributed by atoms with van der Waals surface area (Å²) in [6, 6.07) is 0. The van der Waals surface area contributed by atoms with Gasteiger partial charge in [0.15, 0.2) is 0 Å². The lowest BCUT2D eigenvalue weighted by molar-refractivity contribution is 0.0719. The molecule has 1 aliphatic rings. The summed E-state index contributed by atoms with van der Waals surface area (Å²) >= 11 is 0. The van der Waals surface area contributed by atoms with Crippen LogP contribution in [0.15, 0.2) is 0 Å². The minimum absolute atomic E-state index is 0.180. The Kier molecular flexibility index (Phi) is 4.26. The highest BCUT2D eigenvalue weighted by molar-refractivity contribution is 5.69. The molecule has 0 saturated heterocycles. The van der Waals surface area contributed by atoms with E-state index in [0.717, 1.165) is 0 Å². The van der Waals surface area contributed by atoms with E-state index < -0.39 is 18.1 Å². The van der Waals surface area contributed by atoms with Gasteiger partial charge in [-0.15, -0.1) is 0 Å². The van der Waals surface area contributed by atoms with Gasteiger partial charge in [-0.05, 0) is 12.8 Å². The molecular formula is C9H15F2NO3. The zero-order valence-electron chi connectivity index (χ0n) is 8.59. The summed E-state index contributed by atoms with van der Waals surface area (Å²) in [7, 11) is 1.54. The second-order valence-corrected chi connectivity index (χ2v) is 3.56. The van der Waals surface area contributed by atoms with Gasteiger partial charge in [-0.2, -0.15) is 0 Å². The number of amides is 1. The van der Waals surface area contributed by atoms with Crippen LogP contribution in [-0.4, -0.2) is 38.4 Å². The molecular weight excluding hydrogens is 208 g/mol. The fourth-order valence-corrected chi connectivity index (χ4v) is 1.14. The van der Waals surface area contributed by atoms with E-state index in [1.165, 1.54) is 7.11 Å². The number of hydrogen-bond donors (Lipinski definition) is 1. The molecule has 1 N–H and O–H groups in total. The molecule has 88 valence electrons. The predicted octanol–water partition coefficient (Wildman–Crippen LogP) is 1.55. The summed E-state index contributed by atoms with van der Waals surface area (Å²) in [4.78, 5) is 11.1. The van der Waals surface area contributed by atoms with Gasteiger partial charge in [0, 0.05) is 20.1 Å². The molecule has 1 fully saturated rings. The molecule has 1 amide bonds. The molecule has 0 aromatic carbocycles. The number of hydrogen-bond acceptors (Lipinski definition) is 3. The third kappa shape index (κ3) is 3.62. The predicted molar refractivity (Wildman–Crippen MR) is 48.9 cm³/mol. The molecule has 0 radical (unpaired) electrons. The lowest BCUT2D eigenvalue weighted by atomic mass is 10.3. The number of nitrogens with one attached hydrogen (secondary N) is 1. The Balaban J connectivity index is 2.13. The molecule has 0 aromatic heterocycles. The van der Waals surface area contributed by atoms with Crippen molar-refractivity contribution in [2.45, 2.75) is 31.2 Å². The van der Waals surface area contributed by atoms with Crippen LogP contribution in [0, 0.1) is 0 Å². The summed E-state index contributed by atoms with van der Waals surface area (Å²) < 4.78 is 34.2. The molecule has 0 unspecified atom stereocenters. The fourth-order valence-electron chi connectivity index (χ4n) is 1.14. The summed E-state index contributed by atoms with van der Waals surface area (Å²) in [6.45, 7) is 0.659. The summed E-state index contributed by atoms with van der Waals surface area (Å²) in [5, 5.41) is 2.19. The minimum Gasteiger partial charge on any atom is -0.449 e. The molecule has 1 rings (SSSR count). The second kappa shape index (κ2) is 5.25. The van der Waals surface area contributed by atoms with Gasteiger partial charge >= 0.3 is 6.09 Å². The van der Waals surface area contributed by atoms with Crippen LogP contribution in [0.3, 0.4) is 0 Å². The Morgan fingerprint density at radius 2 is 2.13 bits per heavy atom. The van der Waals surface area contributed by atoms with Gasteiger partial charge in [-0.1, -0.05) is 0 Å². The van der Waals surface area contributed by atoms with E-state index in [-0.39, 0.29) is 6.61 Å². The smallest absolute Gasteiger partial charge is 0.407 e. The van der Waals surface area contributed by atoms with Crippen molar-refractivity contribution < 1.29 is 23.0 Å². The van der Waals surface area contributed by atoms with E-state index in [1.54, 1.807) is 0 Å². The van der Waals surface area contributed by atoms with Gasteiger partial charge < -0.3 is 14.8 Å². The average molecular weight is 223 g/mol. The van der Waals surface area contributed by atoms with Crippen LogP contribution >= 0.6 is 0 Å². The Morgan fingerprint density at radius 3 is 2.60 bits per heavy atom. The SMILES string of the molecule is COCCCOC(=O)NC1(C(F)F)CC1. The molecule has 0 spiro atoms. The fraction of sp³-hybridized carbons (Fsp3) is 0.889. The van der Waals surface area contributed by atoms with Gasteiger partial charge in [-0.3, -0.25) is 0 Å². The molecule has 6 heteroatoms. The average Bonchev–Trinajstić information content (AvgIpc) is 2.93. The summed E-state index contributed by atoms with van der Waals surface area (Å²) in [6.07, 6.45) is -2.10. The van der Waals surface area contributed by atoms with E-state index in [1.807, 2.05) is 0 Å². The van der Waals surface area contributed by atoms with Gasteiger partial charge in [-0.25, -0.2) is 13.6 Å². The number of carbonyl (C=O) groups is 1. The molecule has 4 nitrogen and oxygen atoms in total. The highest BCUT2D eigenvalue weighted by Gasteiger charge is 2.52. The maximum absolute atomic E-state index is 12.4. The first-order valence-corrected chi connectivity index (χ1v) is 4.83. The van der Waals surface area contributed by atoms with Crippen LogP contribution in [0.2, 0.25) is 0 Å². The zero-order chi connectivity index (χ0) is 11.3. The third-order valence-electron chi connectivity index (χ3n) is 2.28. The van der Waals surface area contributed by atoms with E-state index >= 15 is 0 Å². The summed E-state index contributed by atoms with van der Waals surface area (Å²) in [5.41, 5.74) is -1.32. The number of carbonyl (C=O) groups excluding carboxylic acids is 1. The number of methoxy groups -OCH3 is 1. The number of ether oxygens (including phenoxy) is 2. The van der Waals surface area contributed by atoms with E-state index in [9.17, 15) is 13.6 Å². The molecule has 1 aliphatic carbocycles. The van der Waals surface area contributed by atoms with Crippen molar-refractivity contribution in [3.63, 3.8) is 0 Å². The largest absolute Gasteiger partial charge is 0.449 e. The van der Waals surface area contributed by atoms with Gasteiger partial charge in [0.2, 0.25) is 0 Å². The lowest BCUT2D eigenvalue weighted by Crippen LogP contribution is -2.42. The van der Waals surface area contributed by atoms with Crippen LogP contribution in [0.5, 0.6) is 0 Å². The van der Waals surface area contributed by atoms with E-state index in [0.29, 0.717) is 25.9 Å². The molecule has 1 saturated carbocycles. The van der Waals surface area contributed by atoms with Crippen molar-refractivity contribution in [2.75, 3.05) is 20.3 Å². The van der Waals surface area contributed by atoms with Gasteiger partial charge in [0.05, 0.1) is 6.61 Å². The van der Waals surface area contributed by atoms with Crippen LogP contribution < -0.4 is 5.32 Å². The number of alkyl carbamates (subject to hydrolysis) is 1. The maximum Gasteiger partial charge on any atom is 0.407 e. The highest BCUT2D eigenvalue weighted by Crippen LogP contribution is 2.40. The summed E-state index contributed by atoms with van der Waals surface area (Å²) in [5.74, 6) is 0. The van der Waals surface area contributed by atoms with Gasteiger partial charge in [0.25, 0.3) is 6.43 Å². The number of halogens is 2. The van der Waals surface area contributed by atoms with Crippen LogP contribution in [0.4, 0.5) is 13.6 Å². The Morgan fingerprint density at radius 1 is 1.47 bits per heavy atom. The Hall–Kier alpha value is -0.910. The van der Waals surface area contributed by atoms with E-state index in [4.69, 9.17) is 9.47 Å². The first-order valence-electron chi connectivity index (χ1n) is 4.83. The van der Waals surface area contributed by atoms with Crippen molar-refractivity contribution in [1.82, 2.24) is 5.32 Å². The first kappa shape index (κ1) is 12.2. The minimum atomic E-state index is -2.52. The zero-order valence-corrected chi connectivity index (χ0v) is 8.59. The van der Waals surface area contributed by atoms with Crippen molar-refractivity contribution in [1.29, 1.82) is 0 Å². The molecule has 0 aromatic rings. The maximum atomic E-state index is 12.4. The van der Waals surface area contributed by atoms with Crippen LogP contribution in [-0.2, 0) is 9.47 Å². The van der Waals surface area contributed by atoms with Crippen LogP contribution in [0.1, 0.15) is 19.3 Å². The molecule has 15 heavy (non-hydrogen) atoms.